The monoisotopic (exact) mass is 194 g/mol. The van der Waals surface area contributed by atoms with Gasteiger partial charge in [-0.05, 0) is 11.6 Å². The largest absolute Gasteiger partial charge is 0.246 e. The second kappa shape index (κ2) is 2.97. The number of rotatable bonds is 1. The molecule has 0 saturated heterocycles. The predicted molar refractivity (Wildman–Crippen MR) is 39.0 cm³/mol. The molecule has 0 saturated carbocycles. The Balaban J connectivity index is 3.68. The zero-order valence-electron chi connectivity index (χ0n) is 10.3. The van der Waals surface area contributed by atoms with Crippen molar-refractivity contribution in [3.63, 3.8) is 0 Å². The summed E-state index contributed by atoms with van der Waals surface area (Å²) in [7, 11) is 0. The van der Waals surface area contributed by atoms with Gasteiger partial charge in [0.25, 0.3) is 0 Å². The number of alkyl halides is 1. The number of hydrogen-bond acceptors (Lipinski definition) is 0. The van der Waals surface area contributed by atoms with E-state index in [2.05, 4.69) is 15.9 Å². The van der Waals surface area contributed by atoms with E-state index in [0.29, 0.717) is 0 Å². The third-order valence-corrected chi connectivity index (χ3v) is 1.33. The maximum Gasteiger partial charge on any atom is 0.116 e. The lowest BCUT2D eigenvalue weighted by Crippen LogP contribution is -1.77. The van der Waals surface area contributed by atoms with Gasteiger partial charge in [0.1, 0.15) is 6.63 Å². The van der Waals surface area contributed by atoms with Crippen LogP contribution < -0.4 is 0 Å². The van der Waals surface area contributed by atoms with Crippen molar-refractivity contribution in [2.75, 3.05) is 0 Å². The molecule has 2 heteroatoms. The van der Waals surface area contributed by atoms with Crippen molar-refractivity contribution in [2.45, 2.75) is 6.63 Å². The van der Waals surface area contributed by atoms with E-state index in [9.17, 15) is 4.39 Å². The second-order valence-corrected chi connectivity index (χ2v) is 2.08. The zero-order valence-corrected chi connectivity index (χ0v) is 5.84. The highest BCUT2D eigenvalue weighted by atomic mass is 79.9. The van der Waals surface area contributed by atoms with Crippen LogP contribution in [0.1, 0.15) is 13.8 Å². The summed E-state index contributed by atoms with van der Waals surface area (Å²) in [5.41, 5.74) is -0.714. The summed E-state index contributed by atoms with van der Waals surface area (Å²) in [6.07, 6.45) is 0. The van der Waals surface area contributed by atoms with E-state index in [0.717, 1.165) is 0 Å². The molecule has 1 aromatic carbocycles. The SMILES string of the molecule is [2H]c1c([2H])c([2H])c(C([2H])([2H])F)c(Br)c1[2H]. The van der Waals surface area contributed by atoms with Gasteiger partial charge in [-0.1, -0.05) is 34.1 Å². The third kappa shape index (κ3) is 1.52. The Morgan fingerprint density at radius 2 is 2.33 bits per heavy atom. The number of halogens is 2. The zero-order chi connectivity index (χ0) is 12.0. The smallest absolute Gasteiger partial charge is 0.116 e. The summed E-state index contributed by atoms with van der Waals surface area (Å²) in [6, 6.07) is -2.39. The second-order valence-electron chi connectivity index (χ2n) is 1.28. The molecule has 0 spiro atoms. The fourth-order valence-electron chi connectivity index (χ4n) is 0.362. The topological polar surface area (TPSA) is 0 Å². The van der Waals surface area contributed by atoms with E-state index in [1.165, 1.54) is 0 Å². The quantitative estimate of drug-likeness (QED) is 0.646. The van der Waals surface area contributed by atoms with E-state index in [1.807, 2.05) is 0 Å². The van der Waals surface area contributed by atoms with E-state index in [4.69, 9.17) is 8.22 Å². The van der Waals surface area contributed by atoms with Gasteiger partial charge >= 0.3 is 0 Å². The van der Waals surface area contributed by atoms with Crippen molar-refractivity contribution in [1.82, 2.24) is 0 Å². The van der Waals surface area contributed by atoms with Crippen molar-refractivity contribution >= 4 is 15.9 Å². The molecule has 0 unspecified atom stereocenters. The van der Waals surface area contributed by atoms with Crippen LogP contribution in [0.3, 0.4) is 0 Å². The van der Waals surface area contributed by atoms with Crippen molar-refractivity contribution in [1.29, 1.82) is 0 Å². The Hall–Kier alpha value is -0.370. The van der Waals surface area contributed by atoms with Crippen LogP contribution in [0.2, 0.25) is 0 Å². The molecular weight excluding hydrogens is 183 g/mol. The van der Waals surface area contributed by atoms with Gasteiger partial charge in [0, 0.05) is 4.47 Å². The summed E-state index contributed by atoms with van der Waals surface area (Å²) in [4.78, 5) is 0. The molecule has 0 heterocycles. The molecule has 0 nitrogen and oxygen atoms in total. The van der Waals surface area contributed by atoms with Gasteiger partial charge in [-0.25, -0.2) is 4.39 Å². The van der Waals surface area contributed by atoms with Crippen LogP contribution >= 0.6 is 15.9 Å². The molecule has 48 valence electrons. The molecule has 1 aromatic rings. The van der Waals surface area contributed by atoms with Gasteiger partial charge in [-0.3, -0.25) is 0 Å². The third-order valence-electron chi connectivity index (χ3n) is 0.736. The van der Waals surface area contributed by atoms with Crippen molar-refractivity contribution < 1.29 is 12.6 Å². The first-order valence-corrected chi connectivity index (χ1v) is 2.92. The fraction of sp³-hybridized carbons (Fsp3) is 0.143. The van der Waals surface area contributed by atoms with Gasteiger partial charge in [-0.15, -0.1) is 0 Å². The molecule has 0 aliphatic carbocycles. The molecule has 0 aromatic heterocycles. The Morgan fingerprint density at radius 3 is 3.00 bits per heavy atom. The molecular formula is C7H6BrF. The van der Waals surface area contributed by atoms with E-state index in [1.54, 1.807) is 0 Å². The summed E-state index contributed by atoms with van der Waals surface area (Å²) < 4.78 is 55.7. The minimum atomic E-state index is -3.31. The molecule has 0 bridgehead atoms. The highest BCUT2D eigenvalue weighted by Gasteiger charge is 1.93. The lowest BCUT2D eigenvalue weighted by atomic mass is 10.2. The van der Waals surface area contributed by atoms with Gasteiger partial charge in [0.05, 0.1) is 8.22 Å². The van der Waals surface area contributed by atoms with E-state index in [-0.39, 0.29) is 4.47 Å². The average molecular weight is 195 g/mol. The van der Waals surface area contributed by atoms with Crippen molar-refractivity contribution in [3.05, 3.63) is 34.2 Å². The first-order valence-electron chi connectivity index (χ1n) is 5.13. The summed E-state index contributed by atoms with van der Waals surface area (Å²) >= 11 is 2.76. The fourth-order valence-corrected chi connectivity index (χ4v) is 0.636. The first-order chi connectivity index (χ1) is 6.68. The molecule has 0 aliphatic rings. The summed E-state index contributed by atoms with van der Waals surface area (Å²) in [5, 5.41) is 0. The van der Waals surface area contributed by atoms with Gasteiger partial charge in [-0.2, -0.15) is 0 Å². The number of benzene rings is 1. The first kappa shape index (κ1) is 2.35. The highest BCUT2D eigenvalue weighted by molar-refractivity contribution is 9.10. The van der Waals surface area contributed by atoms with Crippen LogP contribution in [0, 0.1) is 0 Å². The standard InChI is InChI=1S/C7H6BrF/c8-7-4-2-1-3-6(7)5-9/h1-4H,5H2/i1D,2D,3D,4D,5D2. The average Bonchev–Trinajstić information content (AvgIpc) is 2.09. The van der Waals surface area contributed by atoms with Crippen molar-refractivity contribution in [3.8, 4) is 0 Å². The van der Waals surface area contributed by atoms with Crippen molar-refractivity contribution in [2.24, 2.45) is 0 Å². The minimum absolute atomic E-state index is 0.291. The molecule has 1 rings (SSSR count). The van der Waals surface area contributed by atoms with Crippen LogP contribution in [0.4, 0.5) is 4.39 Å². The highest BCUT2D eigenvalue weighted by Crippen LogP contribution is 2.15. The molecule has 9 heavy (non-hydrogen) atoms. The maximum absolute atomic E-state index is 13.1. The van der Waals surface area contributed by atoms with Crippen LogP contribution in [0.15, 0.2) is 28.6 Å². The predicted octanol–water partition coefficient (Wildman–Crippen LogP) is 2.92. The molecule has 0 N–H and O–H groups in total. The molecule has 0 radical (unpaired) electrons. The van der Waals surface area contributed by atoms with Gasteiger partial charge < -0.3 is 0 Å². The summed E-state index contributed by atoms with van der Waals surface area (Å²) in [5.74, 6) is 0. The van der Waals surface area contributed by atoms with E-state index < -0.39 is 36.4 Å². The van der Waals surface area contributed by atoms with Crippen LogP contribution in [-0.2, 0) is 6.63 Å². The lowest BCUT2D eigenvalue weighted by molar-refractivity contribution is 0.484. The van der Waals surface area contributed by atoms with Crippen LogP contribution in [0.5, 0.6) is 0 Å². The van der Waals surface area contributed by atoms with E-state index >= 15 is 0 Å². The van der Waals surface area contributed by atoms with Crippen LogP contribution in [-0.4, -0.2) is 0 Å². The summed E-state index contributed by atoms with van der Waals surface area (Å²) in [6.45, 7) is -3.31. The number of hydrogen-bond donors (Lipinski definition) is 0. The lowest BCUT2D eigenvalue weighted by Gasteiger charge is -1.94. The molecule has 0 aliphatic heterocycles. The Morgan fingerprint density at radius 1 is 1.67 bits per heavy atom. The molecule has 0 amide bonds. The normalized spacial score (nSPS) is 20.7. The Labute approximate surface area is 70.3 Å². The Bertz CT molecular complexity index is 384. The van der Waals surface area contributed by atoms with Gasteiger partial charge in [0.15, 0.2) is 0 Å². The Kier molecular flexibility index (Phi) is 0.774. The molecule has 0 fully saturated rings. The maximum atomic E-state index is 13.1. The van der Waals surface area contributed by atoms with Gasteiger partial charge in [0.2, 0.25) is 0 Å². The van der Waals surface area contributed by atoms with Crippen LogP contribution in [0.25, 0.3) is 0 Å². The molecule has 0 atom stereocenters. The minimum Gasteiger partial charge on any atom is -0.246 e.